The van der Waals surface area contributed by atoms with Gasteiger partial charge >= 0.3 is 0 Å². The number of pyridine rings is 1. The fourth-order valence-electron chi connectivity index (χ4n) is 2.76. The van der Waals surface area contributed by atoms with E-state index < -0.39 is 0 Å². The predicted molar refractivity (Wildman–Crippen MR) is 96.6 cm³/mol. The van der Waals surface area contributed by atoms with Crippen LogP contribution < -0.4 is 0 Å². The summed E-state index contributed by atoms with van der Waals surface area (Å²) in [5.74, 6) is -0.314. The van der Waals surface area contributed by atoms with Gasteiger partial charge in [0.15, 0.2) is 5.78 Å². The summed E-state index contributed by atoms with van der Waals surface area (Å²) in [7, 11) is 0. The number of aromatic nitrogens is 1. The van der Waals surface area contributed by atoms with Gasteiger partial charge in [-0.15, -0.1) is 11.3 Å². The summed E-state index contributed by atoms with van der Waals surface area (Å²) in [6, 6.07) is 14.3. The van der Waals surface area contributed by atoms with Crippen LogP contribution in [0.25, 0.3) is 20.5 Å². The Hall–Kier alpha value is -3.05. The maximum atomic E-state index is 13.3. The van der Waals surface area contributed by atoms with E-state index in [0.29, 0.717) is 11.1 Å². The van der Waals surface area contributed by atoms with Crippen molar-refractivity contribution in [1.29, 1.82) is 0 Å². The average molecular weight is 349 g/mol. The zero-order valence-electron chi connectivity index (χ0n) is 12.9. The minimum absolute atomic E-state index is 0.126. The number of thiophene rings is 1. The number of rotatable bonds is 3. The van der Waals surface area contributed by atoms with Crippen molar-refractivity contribution in [2.24, 2.45) is 0 Å². The highest BCUT2D eigenvalue weighted by molar-refractivity contribution is 7.22. The summed E-state index contributed by atoms with van der Waals surface area (Å²) in [5.41, 5.74) is 1.85. The lowest BCUT2D eigenvalue weighted by Gasteiger charge is -2.05. The number of benzene rings is 2. The number of fused-ring (bicyclic) bond motifs is 1. The van der Waals surface area contributed by atoms with E-state index in [0.717, 1.165) is 20.5 Å². The lowest BCUT2D eigenvalue weighted by molar-refractivity contribution is 0.104. The lowest BCUT2D eigenvalue weighted by atomic mass is 9.98. The predicted octanol–water partition coefficient (Wildman–Crippen LogP) is 5.04. The first kappa shape index (κ1) is 15.5. The molecule has 25 heavy (non-hydrogen) atoms. The average Bonchev–Trinajstić information content (AvgIpc) is 3.00. The molecule has 0 saturated heterocycles. The zero-order chi connectivity index (χ0) is 17.4. The van der Waals surface area contributed by atoms with Crippen LogP contribution in [-0.2, 0) is 0 Å². The topological polar surface area (TPSA) is 50.2 Å². The lowest BCUT2D eigenvalue weighted by Crippen LogP contribution is -2.02. The van der Waals surface area contributed by atoms with Crippen LogP contribution in [-0.4, -0.2) is 15.9 Å². The van der Waals surface area contributed by atoms with Crippen LogP contribution in [0.5, 0.6) is 5.75 Å². The monoisotopic (exact) mass is 349 g/mol. The molecule has 0 amide bonds. The second-order valence-electron chi connectivity index (χ2n) is 5.56. The Bertz CT molecular complexity index is 1070. The number of phenolic OH excluding ortho intramolecular Hbond substituents is 1. The Morgan fingerprint density at radius 3 is 2.44 bits per heavy atom. The Morgan fingerprint density at radius 2 is 1.72 bits per heavy atom. The first-order valence-corrected chi connectivity index (χ1v) is 8.41. The van der Waals surface area contributed by atoms with Gasteiger partial charge in [-0.3, -0.25) is 9.78 Å². The summed E-state index contributed by atoms with van der Waals surface area (Å²) < 4.78 is 14.1. The third-order valence-electron chi connectivity index (χ3n) is 3.95. The highest BCUT2D eigenvalue weighted by Gasteiger charge is 2.21. The van der Waals surface area contributed by atoms with Gasteiger partial charge in [0.2, 0.25) is 0 Å². The quantitative estimate of drug-likeness (QED) is 0.527. The molecule has 122 valence electrons. The third-order valence-corrected chi connectivity index (χ3v) is 5.15. The number of nitrogens with zero attached hydrogens (tertiary/aromatic N) is 1. The SMILES string of the molecule is O=C(c1ccncc1)c1c(-c2ccc(F)cc2)sc2cc(O)ccc12. The molecule has 0 saturated carbocycles. The standard InChI is InChI=1S/C20H12FNO2S/c21-14-3-1-13(2-4-14)20-18(19(24)12-7-9-22-10-8-12)16-6-5-15(23)11-17(16)25-20/h1-11,23H. The van der Waals surface area contributed by atoms with Crippen LogP contribution >= 0.6 is 11.3 Å². The van der Waals surface area contributed by atoms with Crippen molar-refractivity contribution in [3.8, 4) is 16.2 Å². The molecule has 0 aliphatic heterocycles. The summed E-state index contributed by atoms with van der Waals surface area (Å²) in [6.07, 6.45) is 3.15. The first-order valence-electron chi connectivity index (χ1n) is 7.59. The van der Waals surface area contributed by atoms with Crippen LogP contribution in [0.1, 0.15) is 15.9 Å². The number of carbonyl (C=O) groups excluding carboxylic acids is 1. The van der Waals surface area contributed by atoms with Crippen LogP contribution in [0.15, 0.2) is 67.0 Å². The van der Waals surface area contributed by atoms with Gasteiger partial charge in [-0.25, -0.2) is 4.39 Å². The van der Waals surface area contributed by atoms with Crippen LogP contribution in [0, 0.1) is 5.82 Å². The highest BCUT2D eigenvalue weighted by atomic mass is 32.1. The largest absolute Gasteiger partial charge is 0.508 e. The maximum Gasteiger partial charge on any atom is 0.195 e. The van der Waals surface area contributed by atoms with Gasteiger partial charge in [0.05, 0.1) is 0 Å². The molecule has 0 radical (unpaired) electrons. The fraction of sp³-hybridized carbons (Fsp3) is 0. The van der Waals surface area contributed by atoms with Crippen LogP contribution in [0.2, 0.25) is 0 Å². The maximum absolute atomic E-state index is 13.3. The molecule has 0 spiro atoms. The molecule has 2 heterocycles. The van der Waals surface area contributed by atoms with E-state index in [1.165, 1.54) is 23.5 Å². The zero-order valence-corrected chi connectivity index (χ0v) is 13.8. The molecule has 0 aliphatic carbocycles. The molecule has 0 bridgehead atoms. The molecule has 5 heteroatoms. The van der Waals surface area contributed by atoms with E-state index >= 15 is 0 Å². The second-order valence-corrected chi connectivity index (χ2v) is 6.61. The van der Waals surface area contributed by atoms with Crippen molar-refractivity contribution in [1.82, 2.24) is 4.98 Å². The Balaban J connectivity index is 1.98. The number of hydrogen-bond donors (Lipinski definition) is 1. The van der Waals surface area contributed by atoms with Gasteiger partial charge < -0.3 is 5.11 Å². The Labute approximate surface area is 147 Å². The fourth-order valence-corrected chi connectivity index (χ4v) is 4.00. The number of phenols is 1. The molecule has 4 aromatic rings. The number of halogens is 1. The molecular weight excluding hydrogens is 337 g/mol. The minimum Gasteiger partial charge on any atom is -0.508 e. The van der Waals surface area contributed by atoms with E-state index in [4.69, 9.17) is 0 Å². The number of ketones is 1. The molecule has 0 atom stereocenters. The van der Waals surface area contributed by atoms with Crippen LogP contribution in [0.4, 0.5) is 4.39 Å². The molecule has 2 aromatic carbocycles. The Morgan fingerprint density at radius 1 is 1.00 bits per heavy atom. The van der Waals surface area contributed by atoms with Gasteiger partial charge in [0.25, 0.3) is 0 Å². The summed E-state index contributed by atoms with van der Waals surface area (Å²) in [4.78, 5) is 17.8. The van der Waals surface area contributed by atoms with Crippen molar-refractivity contribution in [2.45, 2.75) is 0 Å². The van der Waals surface area contributed by atoms with Gasteiger partial charge in [0, 0.05) is 38.5 Å². The molecule has 0 aliphatic rings. The summed E-state index contributed by atoms with van der Waals surface area (Å²) in [5, 5.41) is 10.5. The van der Waals surface area contributed by atoms with E-state index in [1.807, 2.05) is 0 Å². The van der Waals surface area contributed by atoms with E-state index in [1.54, 1.807) is 54.9 Å². The van der Waals surface area contributed by atoms with E-state index in [2.05, 4.69) is 4.98 Å². The number of hydrogen-bond acceptors (Lipinski definition) is 4. The molecule has 3 nitrogen and oxygen atoms in total. The molecule has 4 rings (SSSR count). The van der Waals surface area contributed by atoms with Gasteiger partial charge in [-0.2, -0.15) is 0 Å². The van der Waals surface area contributed by atoms with E-state index in [-0.39, 0.29) is 17.3 Å². The first-order chi connectivity index (χ1) is 12.1. The van der Waals surface area contributed by atoms with Gasteiger partial charge in [-0.05, 0) is 48.0 Å². The van der Waals surface area contributed by atoms with Crippen LogP contribution in [0.3, 0.4) is 0 Å². The normalized spacial score (nSPS) is 10.9. The highest BCUT2D eigenvalue weighted by Crippen LogP contribution is 2.41. The molecule has 0 unspecified atom stereocenters. The van der Waals surface area contributed by atoms with Crippen molar-refractivity contribution in [3.63, 3.8) is 0 Å². The van der Waals surface area contributed by atoms with Crippen molar-refractivity contribution in [3.05, 3.63) is 83.9 Å². The van der Waals surface area contributed by atoms with Crippen molar-refractivity contribution >= 4 is 27.2 Å². The molecule has 0 fully saturated rings. The van der Waals surface area contributed by atoms with Gasteiger partial charge in [0.1, 0.15) is 11.6 Å². The second kappa shape index (κ2) is 6.11. The summed E-state index contributed by atoms with van der Waals surface area (Å²) in [6.45, 7) is 0. The number of aromatic hydroxyl groups is 1. The molecular formula is C20H12FNO2S. The molecule has 2 aromatic heterocycles. The molecule has 1 N–H and O–H groups in total. The van der Waals surface area contributed by atoms with Crippen molar-refractivity contribution < 1.29 is 14.3 Å². The Kier molecular flexibility index (Phi) is 3.78. The smallest absolute Gasteiger partial charge is 0.195 e. The number of carbonyl (C=O) groups is 1. The van der Waals surface area contributed by atoms with Gasteiger partial charge in [-0.1, -0.05) is 12.1 Å². The van der Waals surface area contributed by atoms with E-state index in [9.17, 15) is 14.3 Å². The summed E-state index contributed by atoms with van der Waals surface area (Å²) >= 11 is 1.40. The minimum atomic E-state index is -0.329. The third kappa shape index (κ3) is 2.79. The van der Waals surface area contributed by atoms with Crippen molar-refractivity contribution in [2.75, 3.05) is 0 Å².